The molecule has 0 aromatic heterocycles. The average Bonchev–Trinajstić information content (AvgIpc) is 2.55. The van der Waals surface area contributed by atoms with E-state index in [0.29, 0.717) is 0 Å². The average molecular weight is 358 g/mol. The van der Waals surface area contributed by atoms with Crippen molar-refractivity contribution in [1.29, 1.82) is 0 Å². The molecule has 0 aromatic rings. The first-order valence-corrected chi connectivity index (χ1v) is 7.71. The van der Waals surface area contributed by atoms with Crippen molar-refractivity contribution in [3.05, 3.63) is 0 Å². The van der Waals surface area contributed by atoms with Crippen LogP contribution in [0.4, 0.5) is 0 Å². The van der Waals surface area contributed by atoms with Crippen molar-refractivity contribution in [2.75, 3.05) is 12.4 Å². The Kier molecular flexibility index (Phi) is 6.61. The van der Waals surface area contributed by atoms with Crippen LogP contribution < -0.4 is 0 Å². The fraction of sp³-hybridized carbons (Fsp3) is 1.00. The molecule has 10 nitrogen and oxygen atoms in total. The van der Waals surface area contributed by atoms with Gasteiger partial charge in [-0.15, -0.1) is 0 Å². The summed E-state index contributed by atoms with van der Waals surface area (Å²) in [6.07, 6.45) is -14.6. The van der Waals surface area contributed by atoms with Gasteiger partial charge in [0.1, 0.15) is 42.7 Å². The molecule has 11 heteroatoms. The van der Waals surface area contributed by atoms with Gasteiger partial charge in [-0.05, 0) is 0 Å². The largest absolute Gasteiger partial charge is 0.394 e. The minimum Gasteiger partial charge on any atom is -0.394 e. The van der Waals surface area contributed by atoms with Crippen LogP contribution in [0.25, 0.3) is 0 Å². The second kappa shape index (κ2) is 7.89. The smallest absolute Gasteiger partial charge is 0.189 e. The number of hydrogen-bond acceptors (Lipinski definition) is 11. The van der Waals surface area contributed by atoms with Gasteiger partial charge in [-0.1, -0.05) is 0 Å². The number of thiol groups is 1. The van der Waals surface area contributed by atoms with Crippen molar-refractivity contribution in [3.63, 3.8) is 0 Å². The molecule has 7 N–H and O–H groups in total. The van der Waals surface area contributed by atoms with Crippen LogP contribution in [0, 0.1) is 0 Å². The van der Waals surface area contributed by atoms with E-state index < -0.39 is 68.0 Å². The SMILES string of the molecule is OCC1OC(OC2OC(CS)C(O)C(O)C2O)C(O)C(O)C1O. The summed E-state index contributed by atoms with van der Waals surface area (Å²) < 4.78 is 15.6. The van der Waals surface area contributed by atoms with E-state index in [1.165, 1.54) is 0 Å². The molecule has 0 bridgehead atoms. The van der Waals surface area contributed by atoms with Gasteiger partial charge < -0.3 is 50.0 Å². The molecule has 10 atom stereocenters. The monoisotopic (exact) mass is 358 g/mol. The van der Waals surface area contributed by atoms with Crippen LogP contribution in [0.3, 0.4) is 0 Å². The van der Waals surface area contributed by atoms with E-state index in [0.717, 1.165) is 0 Å². The Bertz CT molecular complexity index is 349. The highest BCUT2D eigenvalue weighted by Crippen LogP contribution is 2.28. The van der Waals surface area contributed by atoms with E-state index in [2.05, 4.69) is 12.6 Å². The summed E-state index contributed by atoms with van der Waals surface area (Å²) >= 11 is 3.95. The van der Waals surface area contributed by atoms with Crippen molar-refractivity contribution >= 4 is 12.6 Å². The topological polar surface area (TPSA) is 169 Å². The second-order valence-electron chi connectivity index (χ2n) is 5.53. The second-order valence-corrected chi connectivity index (χ2v) is 5.90. The lowest BCUT2D eigenvalue weighted by molar-refractivity contribution is -0.373. The quantitative estimate of drug-likeness (QED) is 0.229. The Labute approximate surface area is 137 Å². The van der Waals surface area contributed by atoms with Crippen molar-refractivity contribution in [2.24, 2.45) is 0 Å². The third-order valence-electron chi connectivity index (χ3n) is 3.97. The molecule has 2 fully saturated rings. The van der Waals surface area contributed by atoms with Crippen LogP contribution in [0.1, 0.15) is 0 Å². The maximum Gasteiger partial charge on any atom is 0.189 e. The molecular weight excluding hydrogens is 336 g/mol. The zero-order valence-electron chi connectivity index (χ0n) is 12.0. The Balaban J connectivity index is 2.07. The van der Waals surface area contributed by atoms with Gasteiger partial charge in [0.2, 0.25) is 0 Å². The highest BCUT2D eigenvalue weighted by atomic mass is 32.1. The summed E-state index contributed by atoms with van der Waals surface area (Å²) in [5.41, 5.74) is 0. The number of hydrogen-bond donors (Lipinski definition) is 8. The molecule has 0 aromatic carbocycles. The highest BCUT2D eigenvalue weighted by Gasteiger charge is 2.49. The molecule has 2 rings (SSSR count). The van der Waals surface area contributed by atoms with Crippen molar-refractivity contribution in [2.45, 2.75) is 61.4 Å². The van der Waals surface area contributed by atoms with Crippen LogP contribution in [0.15, 0.2) is 0 Å². The maximum atomic E-state index is 9.90. The highest BCUT2D eigenvalue weighted by molar-refractivity contribution is 7.80. The van der Waals surface area contributed by atoms with Crippen molar-refractivity contribution in [1.82, 2.24) is 0 Å². The Morgan fingerprint density at radius 2 is 1.13 bits per heavy atom. The van der Waals surface area contributed by atoms with Crippen LogP contribution in [0.5, 0.6) is 0 Å². The summed E-state index contributed by atoms with van der Waals surface area (Å²) in [5, 5.41) is 67.7. The molecule has 2 saturated heterocycles. The molecule has 2 heterocycles. The summed E-state index contributed by atoms with van der Waals surface area (Å²) in [7, 11) is 0. The van der Waals surface area contributed by atoms with Gasteiger partial charge in [-0.3, -0.25) is 0 Å². The number of aliphatic hydroxyl groups excluding tert-OH is 7. The predicted molar refractivity (Wildman–Crippen MR) is 75.4 cm³/mol. The maximum absolute atomic E-state index is 9.90. The Morgan fingerprint density at radius 3 is 1.57 bits per heavy atom. The summed E-state index contributed by atoms with van der Waals surface area (Å²) in [4.78, 5) is 0. The molecule has 0 amide bonds. The fourth-order valence-electron chi connectivity index (χ4n) is 2.49. The molecule has 2 aliphatic rings. The lowest BCUT2D eigenvalue weighted by atomic mass is 9.98. The number of aliphatic hydroxyl groups is 7. The van der Waals surface area contributed by atoms with Gasteiger partial charge in [0.05, 0.1) is 12.7 Å². The standard InChI is InChI=1S/C12H22O10S/c13-1-3-5(14)7(16)9(18)11(20-3)22-12-10(19)8(17)6(15)4(2-23)21-12/h3-19,23H,1-2H2. The fourth-order valence-corrected chi connectivity index (χ4v) is 2.79. The first-order chi connectivity index (χ1) is 10.8. The Morgan fingerprint density at radius 1 is 0.696 bits per heavy atom. The summed E-state index contributed by atoms with van der Waals surface area (Å²) in [6.45, 7) is -0.639. The molecule has 10 unspecified atom stereocenters. The summed E-state index contributed by atoms with van der Waals surface area (Å²) in [6, 6.07) is 0. The van der Waals surface area contributed by atoms with E-state index >= 15 is 0 Å². The number of ether oxygens (including phenoxy) is 3. The molecule has 2 aliphatic heterocycles. The molecule has 23 heavy (non-hydrogen) atoms. The van der Waals surface area contributed by atoms with Gasteiger partial charge in [-0.2, -0.15) is 12.6 Å². The first kappa shape index (κ1) is 19.3. The van der Waals surface area contributed by atoms with Gasteiger partial charge in [-0.25, -0.2) is 0 Å². The predicted octanol–water partition coefficient (Wildman–Crippen LogP) is -4.46. The lowest BCUT2D eigenvalue weighted by Gasteiger charge is -2.44. The number of rotatable bonds is 4. The first-order valence-electron chi connectivity index (χ1n) is 7.08. The van der Waals surface area contributed by atoms with Crippen molar-refractivity contribution in [3.8, 4) is 0 Å². The van der Waals surface area contributed by atoms with Crippen LogP contribution in [-0.2, 0) is 14.2 Å². The minimum atomic E-state index is -1.68. The molecule has 0 radical (unpaired) electrons. The summed E-state index contributed by atoms with van der Waals surface area (Å²) in [5.74, 6) is 0.0273. The van der Waals surface area contributed by atoms with Gasteiger partial charge in [0, 0.05) is 5.75 Å². The van der Waals surface area contributed by atoms with Crippen LogP contribution in [-0.4, -0.2) is 110 Å². The van der Waals surface area contributed by atoms with E-state index in [1.54, 1.807) is 0 Å². The molecule has 136 valence electrons. The van der Waals surface area contributed by atoms with E-state index in [9.17, 15) is 30.6 Å². The lowest BCUT2D eigenvalue weighted by Crippen LogP contribution is -2.63. The van der Waals surface area contributed by atoms with Gasteiger partial charge >= 0.3 is 0 Å². The minimum absolute atomic E-state index is 0.0273. The molecular formula is C12H22O10S. The van der Waals surface area contributed by atoms with E-state index in [4.69, 9.17) is 19.3 Å². The van der Waals surface area contributed by atoms with Gasteiger partial charge in [0.25, 0.3) is 0 Å². The van der Waals surface area contributed by atoms with Crippen molar-refractivity contribution < 1.29 is 50.0 Å². The molecule has 0 spiro atoms. The van der Waals surface area contributed by atoms with E-state index in [-0.39, 0.29) is 5.75 Å². The third-order valence-corrected chi connectivity index (χ3v) is 4.33. The normalized spacial score (nSPS) is 51.7. The molecule has 0 saturated carbocycles. The van der Waals surface area contributed by atoms with E-state index in [1.807, 2.05) is 0 Å². The molecule has 0 aliphatic carbocycles. The zero-order chi connectivity index (χ0) is 17.3. The van der Waals surface area contributed by atoms with Crippen LogP contribution in [0.2, 0.25) is 0 Å². The van der Waals surface area contributed by atoms with Gasteiger partial charge in [0.15, 0.2) is 12.6 Å². The zero-order valence-corrected chi connectivity index (χ0v) is 12.9. The third kappa shape index (κ3) is 3.80. The van der Waals surface area contributed by atoms with Crippen LogP contribution >= 0.6 is 12.6 Å². The Hall–Kier alpha value is -0.0500.